The highest BCUT2D eigenvalue weighted by molar-refractivity contribution is 5.61. The zero-order chi connectivity index (χ0) is 13.8. The molecule has 0 bridgehead atoms. The van der Waals surface area contributed by atoms with Crippen molar-refractivity contribution in [3.8, 4) is 0 Å². The van der Waals surface area contributed by atoms with Crippen molar-refractivity contribution in [1.29, 1.82) is 0 Å². The number of pyridine rings is 1. The van der Waals surface area contributed by atoms with Crippen molar-refractivity contribution >= 4 is 11.5 Å². The van der Waals surface area contributed by atoms with Crippen LogP contribution in [0, 0.1) is 18.6 Å². The van der Waals surface area contributed by atoms with Crippen LogP contribution in [0.3, 0.4) is 0 Å². The number of aryl methyl sites for hydroxylation is 1. The molecule has 0 saturated heterocycles. The maximum Gasteiger partial charge on any atom is 0.149 e. The minimum absolute atomic E-state index is 0.490. The molecule has 0 amide bonds. The minimum atomic E-state index is -0.566. The van der Waals surface area contributed by atoms with E-state index in [2.05, 4.69) is 10.3 Å². The van der Waals surface area contributed by atoms with E-state index in [-0.39, 0.29) is 0 Å². The standard InChI is InChI=1S/C14H15F2N3/c1-9-2-3-13(17)14(19-9)18-5-4-10-6-11(15)8-12(16)7-10/h2-3,6-8H,4-5,17H2,1H3,(H,18,19). The van der Waals surface area contributed by atoms with E-state index in [4.69, 9.17) is 5.73 Å². The van der Waals surface area contributed by atoms with E-state index < -0.39 is 11.6 Å². The molecule has 0 atom stereocenters. The largest absolute Gasteiger partial charge is 0.396 e. The Bertz CT molecular complexity index is 565. The van der Waals surface area contributed by atoms with Gasteiger partial charge < -0.3 is 11.1 Å². The molecule has 0 aliphatic carbocycles. The summed E-state index contributed by atoms with van der Waals surface area (Å²) in [7, 11) is 0. The fraction of sp³-hybridized carbons (Fsp3) is 0.214. The summed E-state index contributed by atoms with van der Waals surface area (Å²) in [6.07, 6.45) is 0.490. The van der Waals surface area contributed by atoms with Crippen LogP contribution in [0.15, 0.2) is 30.3 Å². The number of benzene rings is 1. The zero-order valence-electron chi connectivity index (χ0n) is 10.6. The number of aromatic nitrogens is 1. The Balaban J connectivity index is 1.98. The molecule has 0 unspecified atom stereocenters. The first-order valence-corrected chi connectivity index (χ1v) is 5.96. The third-order valence-electron chi connectivity index (χ3n) is 2.69. The van der Waals surface area contributed by atoms with E-state index in [1.165, 1.54) is 12.1 Å². The SMILES string of the molecule is Cc1ccc(N)c(NCCc2cc(F)cc(F)c2)n1. The second-order valence-corrected chi connectivity index (χ2v) is 4.34. The van der Waals surface area contributed by atoms with E-state index in [0.717, 1.165) is 11.8 Å². The topological polar surface area (TPSA) is 50.9 Å². The number of nitrogens with two attached hydrogens (primary N) is 1. The van der Waals surface area contributed by atoms with Crippen molar-refractivity contribution in [2.24, 2.45) is 0 Å². The number of hydrogen-bond acceptors (Lipinski definition) is 3. The molecule has 1 heterocycles. The Kier molecular flexibility index (Phi) is 3.94. The van der Waals surface area contributed by atoms with Crippen LogP contribution >= 0.6 is 0 Å². The Labute approximate surface area is 110 Å². The molecule has 0 radical (unpaired) electrons. The lowest BCUT2D eigenvalue weighted by Crippen LogP contribution is -2.09. The summed E-state index contributed by atoms with van der Waals surface area (Å²) in [6.45, 7) is 2.37. The monoisotopic (exact) mass is 263 g/mol. The Morgan fingerprint density at radius 2 is 1.84 bits per heavy atom. The number of hydrogen-bond donors (Lipinski definition) is 2. The summed E-state index contributed by atoms with van der Waals surface area (Å²) in [6, 6.07) is 7.08. The molecule has 0 aliphatic rings. The van der Waals surface area contributed by atoms with E-state index in [9.17, 15) is 8.78 Å². The fourth-order valence-electron chi connectivity index (χ4n) is 1.79. The maximum atomic E-state index is 13.0. The molecule has 0 spiro atoms. The average Bonchev–Trinajstić information content (AvgIpc) is 2.32. The first-order valence-electron chi connectivity index (χ1n) is 5.96. The minimum Gasteiger partial charge on any atom is -0.396 e. The molecular formula is C14H15F2N3. The summed E-state index contributed by atoms with van der Waals surface area (Å²) in [5.41, 5.74) is 7.77. The van der Waals surface area contributed by atoms with Gasteiger partial charge in [0.2, 0.25) is 0 Å². The highest BCUT2D eigenvalue weighted by Crippen LogP contribution is 2.15. The molecule has 1 aromatic heterocycles. The molecular weight excluding hydrogens is 248 g/mol. The molecule has 1 aromatic carbocycles. The maximum absolute atomic E-state index is 13.0. The van der Waals surface area contributed by atoms with Crippen LogP contribution in [0.4, 0.5) is 20.3 Å². The number of anilines is 2. The molecule has 19 heavy (non-hydrogen) atoms. The average molecular weight is 263 g/mol. The quantitative estimate of drug-likeness (QED) is 0.891. The van der Waals surface area contributed by atoms with Gasteiger partial charge in [0.1, 0.15) is 17.5 Å². The molecule has 5 heteroatoms. The second kappa shape index (κ2) is 5.65. The summed E-state index contributed by atoms with van der Waals surface area (Å²) in [5.74, 6) is -0.539. The van der Waals surface area contributed by atoms with E-state index in [1.54, 1.807) is 6.07 Å². The third kappa shape index (κ3) is 3.64. The van der Waals surface area contributed by atoms with Gasteiger partial charge in [0, 0.05) is 18.3 Å². The fourth-order valence-corrected chi connectivity index (χ4v) is 1.79. The number of halogens is 2. The van der Waals surface area contributed by atoms with Gasteiger partial charge in [0.15, 0.2) is 0 Å². The van der Waals surface area contributed by atoms with Gasteiger partial charge in [0.05, 0.1) is 5.69 Å². The summed E-state index contributed by atoms with van der Waals surface area (Å²) < 4.78 is 26.0. The smallest absolute Gasteiger partial charge is 0.149 e. The predicted octanol–water partition coefficient (Wildman–Crippen LogP) is 2.91. The van der Waals surface area contributed by atoms with Crippen molar-refractivity contribution < 1.29 is 8.78 Å². The van der Waals surface area contributed by atoms with Crippen LogP contribution in [0.1, 0.15) is 11.3 Å². The zero-order valence-corrected chi connectivity index (χ0v) is 10.6. The number of nitrogens with one attached hydrogen (secondary N) is 1. The molecule has 0 fully saturated rings. The Morgan fingerprint density at radius 3 is 2.53 bits per heavy atom. The van der Waals surface area contributed by atoms with Gasteiger partial charge in [-0.05, 0) is 43.2 Å². The lowest BCUT2D eigenvalue weighted by atomic mass is 10.1. The first kappa shape index (κ1) is 13.3. The summed E-state index contributed by atoms with van der Waals surface area (Å²) in [4.78, 5) is 4.25. The van der Waals surface area contributed by atoms with Gasteiger partial charge in [-0.2, -0.15) is 0 Å². The molecule has 2 aromatic rings. The van der Waals surface area contributed by atoms with Crippen LogP contribution in [0.5, 0.6) is 0 Å². The van der Waals surface area contributed by atoms with Crippen molar-refractivity contribution in [3.05, 3.63) is 53.2 Å². The Hall–Kier alpha value is -2.17. The van der Waals surface area contributed by atoms with E-state index in [1.807, 2.05) is 13.0 Å². The van der Waals surface area contributed by atoms with Gasteiger partial charge >= 0.3 is 0 Å². The first-order chi connectivity index (χ1) is 9.04. The normalized spacial score (nSPS) is 10.5. The van der Waals surface area contributed by atoms with Gasteiger partial charge in [-0.25, -0.2) is 13.8 Å². The van der Waals surface area contributed by atoms with Crippen LogP contribution in [-0.4, -0.2) is 11.5 Å². The second-order valence-electron chi connectivity index (χ2n) is 4.34. The summed E-state index contributed by atoms with van der Waals surface area (Å²) in [5, 5.41) is 3.06. The van der Waals surface area contributed by atoms with Crippen LogP contribution in [0.25, 0.3) is 0 Å². The van der Waals surface area contributed by atoms with Crippen LogP contribution in [-0.2, 0) is 6.42 Å². The van der Waals surface area contributed by atoms with E-state index >= 15 is 0 Å². The van der Waals surface area contributed by atoms with Crippen LogP contribution < -0.4 is 11.1 Å². The van der Waals surface area contributed by atoms with Gasteiger partial charge in [0.25, 0.3) is 0 Å². The van der Waals surface area contributed by atoms with Gasteiger partial charge in [-0.3, -0.25) is 0 Å². The van der Waals surface area contributed by atoms with Crippen molar-refractivity contribution in [2.75, 3.05) is 17.6 Å². The number of rotatable bonds is 4. The molecule has 0 aliphatic heterocycles. The molecule has 0 saturated carbocycles. The van der Waals surface area contributed by atoms with Crippen LogP contribution in [0.2, 0.25) is 0 Å². The van der Waals surface area contributed by atoms with Crippen molar-refractivity contribution in [1.82, 2.24) is 4.98 Å². The third-order valence-corrected chi connectivity index (χ3v) is 2.69. The molecule has 2 rings (SSSR count). The molecule has 100 valence electrons. The lowest BCUT2D eigenvalue weighted by Gasteiger charge is -2.09. The number of nitrogen functional groups attached to an aromatic ring is 1. The van der Waals surface area contributed by atoms with E-state index in [0.29, 0.717) is 30.0 Å². The van der Waals surface area contributed by atoms with Gasteiger partial charge in [-0.15, -0.1) is 0 Å². The van der Waals surface area contributed by atoms with Gasteiger partial charge in [-0.1, -0.05) is 0 Å². The van der Waals surface area contributed by atoms with Crippen molar-refractivity contribution in [2.45, 2.75) is 13.3 Å². The van der Waals surface area contributed by atoms with Crippen molar-refractivity contribution in [3.63, 3.8) is 0 Å². The Morgan fingerprint density at radius 1 is 1.16 bits per heavy atom. The predicted molar refractivity (Wildman–Crippen MR) is 71.9 cm³/mol. The highest BCUT2D eigenvalue weighted by Gasteiger charge is 2.03. The molecule has 3 nitrogen and oxygen atoms in total. The number of nitrogens with zero attached hydrogens (tertiary/aromatic N) is 1. The lowest BCUT2D eigenvalue weighted by molar-refractivity contribution is 0.580. The highest BCUT2D eigenvalue weighted by atomic mass is 19.1. The molecule has 3 N–H and O–H groups in total. The summed E-state index contributed by atoms with van der Waals surface area (Å²) >= 11 is 0.